The van der Waals surface area contributed by atoms with Gasteiger partial charge in [-0.2, -0.15) is 0 Å². The topological polar surface area (TPSA) is 50.4 Å². The maximum atomic E-state index is 11.3. The van der Waals surface area contributed by atoms with Gasteiger partial charge in [0.2, 0.25) is 5.91 Å². The van der Waals surface area contributed by atoms with Gasteiger partial charge in [0.05, 0.1) is 6.61 Å². The Labute approximate surface area is 91.8 Å². The summed E-state index contributed by atoms with van der Waals surface area (Å²) in [5, 5.41) is 6.26. The van der Waals surface area contributed by atoms with Crippen LogP contribution in [0, 0.1) is 0 Å². The predicted octanol–water partition coefficient (Wildman–Crippen LogP) is 0.671. The summed E-state index contributed by atoms with van der Waals surface area (Å²) in [7, 11) is 0. The van der Waals surface area contributed by atoms with E-state index in [9.17, 15) is 4.79 Å². The second kappa shape index (κ2) is 7.65. The molecule has 0 spiro atoms. The third-order valence-corrected chi connectivity index (χ3v) is 2.53. The number of carbonyl (C=O) groups excluding carboxylic acids is 1. The zero-order valence-electron chi connectivity index (χ0n) is 9.55. The third-order valence-electron chi connectivity index (χ3n) is 2.53. The molecule has 1 aliphatic rings. The highest BCUT2D eigenvalue weighted by Gasteiger charge is 2.14. The first-order valence-electron chi connectivity index (χ1n) is 5.90. The maximum absolute atomic E-state index is 11.3. The molecule has 0 aromatic carbocycles. The molecule has 4 nitrogen and oxygen atoms in total. The van der Waals surface area contributed by atoms with E-state index < -0.39 is 0 Å². The van der Waals surface area contributed by atoms with Crippen molar-refractivity contribution in [3.63, 3.8) is 0 Å². The summed E-state index contributed by atoms with van der Waals surface area (Å²) in [6.07, 6.45) is 3.88. The zero-order valence-corrected chi connectivity index (χ0v) is 9.55. The van der Waals surface area contributed by atoms with E-state index in [2.05, 4.69) is 17.6 Å². The fourth-order valence-corrected chi connectivity index (χ4v) is 1.67. The molecule has 4 heteroatoms. The second-order valence-electron chi connectivity index (χ2n) is 3.96. The van der Waals surface area contributed by atoms with Gasteiger partial charge in [0.1, 0.15) is 0 Å². The zero-order chi connectivity index (χ0) is 10.9. The van der Waals surface area contributed by atoms with E-state index in [4.69, 9.17) is 4.74 Å². The lowest BCUT2D eigenvalue weighted by atomic mass is 10.2. The Hall–Kier alpha value is -0.610. The van der Waals surface area contributed by atoms with E-state index in [1.165, 1.54) is 12.8 Å². The molecule has 0 saturated carbocycles. The molecule has 1 heterocycles. The molecule has 1 rings (SSSR count). The smallest absolute Gasteiger partial charge is 0.222 e. The summed E-state index contributed by atoms with van der Waals surface area (Å²) < 4.78 is 5.25. The largest absolute Gasteiger partial charge is 0.381 e. The molecule has 15 heavy (non-hydrogen) atoms. The molecular weight excluding hydrogens is 192 g/mol. The van der Waals surface area contributed by atoms with E-state index in [0.717, 1.165) is 26.1 Å². The van der Waals surface area contributed by atoms with Gasteiger partial charge in [-0.3, -0.25) is 4.79 Å². The van der Waals surface area contributed by atoms with Gasteiger partial charge in [0.25, 0.3) is 0 Å². The van der Waals surface area contributed by atoms with Crippen LogP contribution in [-0.2, 0) is 9.53 Å². The minimum absolute atomic E-state index is 0.0970. The molecule has 0 bridgehead atoms. The normalized spacial score (nSPS) is 20.5. The van der Waals surface area contributed by atoms with Crippen LogP contribution >= 0.6 is 0 Å². The molecule has 1 saturated heterocycles. The van der Waals surface area contributed by atoms with Crippen LogP contribution in [0.3, 0.4) is 0 Å². The Morgan fingerprint density at radius 2 is 2.40 bits per heavy atom. The highest BCUT2D eigenvalue weighted by Crippen LogP contribution is 2.02. The summed E-state index contributed by atoms with van der Waals surface area (Å²) >= 11 is 0. The van der Waals surface area contributed by atoms with E-state index in [-0.39, 0.29) is 5.91 Å². The van der Waals surface area contributed by atoms with E-state index >= 15 is 0 Å². The summed E-state index contributed by atoms with van der Waals surface area (Å²) in [6, 6.07) is 0.477. The van der Waals surface area contributed by atoms with Crippen LogP contribution in [0.5, 0.6) is 0 Å². The van der Waals surface area contributed by atoms with Crippen molar-refractivity contribution in [1.29, 1.82) is 0 Å². The first-order valence-corrected chi connectivity index (χ1v) is 5.90. The van der Waals surface area contributed by atoms with Crippen LogP contribution in [0.4, 0.5) is 0 Å². The summed E-state index contributed by atoms with van der Waals surface area (Å²) in [5.74, 6) is 0.0970. The predicted molar refractivity (Wildman–Crippen MR) is 59.8 cm³/mol. The van der Waals surface area contributed by atoms with Crippen molar-refractivity contribution >= 4 is 5.91 Å². The molecule has 0 aliphatic carbocycles. The van der Waals surface area contributed by atoms with Crippen LogP contribution in [-0.4, -0.2) is 38.3 Å². The molecular formula is C11H22N2O2. The van der Waals surface area contributed by atoms with Crippen molar-refractivity contribution in [2.75, 3.05) is 26.3 Å². The fourth-order valence-electron chi connectivity index (χ4n) is 1.67. The van der Waals surface area contributed by atoms with Gasteiger partial charge < -0.3 is 15.4 Å². The van der Waals surface area contributed by atoms with Crippen LogP contribution in [0.1, 0.15) is 32.6 Å². The first-order chi connectivity index (χ1) is 7.33. The van der Waals surface area contributed by atoms with Gasteiger partial charge in [-0.1, -0.05) is 6.92 Å². The third kappa shape index (κ3) is 5.74. The summed E-state index contributed by atoms with van der Waals surface area (Å²) in [6.45, 7) is 5.19. The number of rotatable bonds is 7. The minimum atomic E-state index is 0.0970. The molecule has 1 fully saturated rings. The molecule has 0 aromatic rings. The highest BCUT2D eigenvalue weighted by molar-refractivity contribution is 5.75. The van der Waals surface area contributed by atoms with E-state index in [1.807, 2.05) is 0 Å². The number of hydrogen-bond acceptors (Lipinski definition) is 3. The average molecular weight is 214 g/mol. The molecule has 0 aromatic heterocycles. The van der Waals surface area contributed by atoms with Crippen molar-refractivity contribution in [2.24, 2.45) is 0 Å². The van der Waals surface area contributed by atoms with Crippen LogP contribution < -0.4 is 10.6 Å². The Morgan fingerprint density at radius 3 is 3.07 bits per heavy atom. The Kier molecular flexibility index (Phi) is 6.36. The lowest BCUT2D eigenvalue weighted by molar-refractivity contribution is -0.122. The van der Waals surface area contributed by atoms with Crippen LogP contribution in [0.25, 0.3) is 0 Å². The number of carbonyl (C=O) groups is 1. The number of amides is 1. The highest BCUT2D eigenvalue weighted by atomic mass is 16.5. The summed E-state index contributed by atoms with van der Waals surface area (Å²) in [5.41, 5.74) is 0. The lowest BCUT2D eigenvalue weighted by Gasteiger charge is -2.11. The van der Waals surface area contributed by atoms with Gasteiger partial charge >= 0.3 is 0 Å². The Morgan fingerprint density at radius 1 is 1.53 bits per heavy atom. The van der Waals surface area contributed by atoms with Gasteiger partial charge in [0.15, 0.2) is 0 Å². The molecule has 1 atom stereocenters. The van der Waals surface area contributed by atoms with E-state index in [0.29, 0.717) is 19.1 Å². The number of ether oxygens (including phenoxy) is 1. The summed E-state index contributed by atoms with van der Waals surface area (Å²) in [4.78, 5) is 11.3. The van der Waals surface area contributed by atoms with Crippen molar-refractivity contribution in [1.82, 2.24) is 10.6 Å². The second-order valence-corrected chi connectivity index (χ2v) is 3.96. The van der Waals surface area contributed by atoms with Gasteiger partial charge in [-0.05, 0) is 25.8 Å². The Balaban J connectivity index is 1.93. The first kappa shape index (κ1) is 12.5. The van der Waals surface area contributed by atoms with Crippen molar-refractivity contribution in [3.05, 3.63) is 0 Å². The maximum Gasteiger partial charge on any atom is 0.222 e. The Bertz CT molecular complexity index is 179. The standard InChI is InChI=1S/C11H22N2O2/c1-2-7-15-8-5-11(14)13-9-10-4-3-6-12-10/h10,12H,2-9H2,1H3,(H,13,14). The molecule has 1 unspecified atom stereocenters. The molecule has 2 N–H and O–H groups in total. The average Bonchev–Trinajstić information content (AvgIpc) is 2.74. The van der Waals surface area contributed by atoms with Crippen LogP contribution in [0.15, 0.2) is 0 Å². The minimum Gasteiger partial charge on any atom is -0.381 e. The van der Waals surface area contributed by atoms with E-state index in [1.54, 1.807) is 0 Å². The lowest BCUT2D eigenvalue weighted by Crippen LogP contribution is -2.37. The fraction of sp³-hybridized carbons (Fsp3) is 0.909. The van der Waals surface area contributed by atoms with Gasteiger partial charge in [-0.15, -0.1) is 0 Å². The van der Waals surface area contributed by atoms with Gasteiger partial charge in [0, 0.05) is 25.6 Å². The van der Waals surface area contributed by atoms with Gasteiger partial charge in [-0.25, -0.2) is 0 Å². The monoisotopic (exact) mass is 214 g/mol. The van der Waals surface area contributed by atoms with Crippen LogP contribution in [0.2, 0.25) is 0 Å². The van der Waals surface area contributed by atoms with Crippen molar-refractivity contribution in [3.8, 4) is 0 Å². The molecule has 88 valence electrons. The number of hydrogen-bond donors (Lipinski definition) is 2. The quantitative estimate of drug-likeness (QED) is 0.612. The molecule has 1 amide bonds. The molecule has 0 radical (unpaired) electrons. The molecule has 1 aliphatic heterocycles. The SMILES string of the molecule is CCCOCCC(=O)NCC1CCCN1. The van der Waals surface area contributed by atoms with Crippen molar-refractivity contribution in [2.45, 2.75) is 38.6 Å². The number of nitrogens with one attached hydrogen (secondary N) is 2. The van der Waals surface area contributed by atoms with Crippen molar-refractivity contribution < 1.29 is 9.53 Å².